The van der Waals surface area contributed by atoms with E-state index in [4.69, 9.17) is 0 Å². The first kappa shape index (κ1) is 20.0. The number of non-ortho nitro benzene ring substituents is 1. The van der Waals surface area contributed by atoms with Crippen LogP contribution in [0.15, 0.2) is 82.8 Å². The molecule has 4 rings (SSSR count). The molecule has 0 aliphatic heterocycles. The van der Waals surface area contributed by atoms with E-state index >= 15 is 0 Å². The van der Waals surface area contributed by atoms with Gasteiger partial charge in [0.15, 0.2) is 5.16 Å². The number of halogens is 1. The highest BCUT2D eigenvalue weighted by atomic mass is 32.2. The summed E-state index contributed by atoms with van der Waals surface area (Å²) in [5.41, 5.74) is 0.859. The minimum Gasteiger partial charge on any atom is -0.258 e. The van der Waals surface area contributed by atoms with Crippen LogP contribution >= 0.6 is 11.8 Å². The number of hydrogen-bond acceptors (Lipinski definition) is 6. The van der Waals surface area contributed by atoms with Crippen molar-refractivity contribution in [3.63, 3.8) is 0 Å². The number of rotatable bonds is 6. The van der Waals surface area contributed by atoms with Crippen molar-refractivity contribution in [1.29, 1.82) is 0 Å². The highest BCUT2D eigenvalue weighted by Crippen LogP contribution is 2.32. The van der Waals surface area contributed by atoms with Crippen LogP contribution in [-0.4, -0.2) is 22.3 Å². The third-order valence-corrected chi connectivity index (χ3v) is 7.17. The normalized spacial score (nSPS) is 11.6. The second kappa shape index (κ2) is 7.88. The van der Waals surface area contributed by atoms with Crippen molar-refractivity contribution >= 4 is 38.5 Å². The summed E-state index contributed by atoms with van der Waals surface area (Å²) in [6, 6.07) is 17.7. The number of thioether (sulfide) groups is 1. The molecular weight excluding hydrogens is 429 g/mol. The first-order chi connectivity index (χ1) is 14.4. The van der Waals surface area contributed by atoms with Gasteiger partial charge in [0, 0.05) is 17.9 Å². The number of nitro groups is 1. The molecule has 0 aliphatic carbocycles. The second-order valence-electron chi connectivity index (χ2n) is 6.29. The molecule has 3 aromatic carbocycles. The van der Waals surface area contributed by atoms with E-state index in [1.807, 2.05) is 0 Å². The summed E-state index contributed by atoms with van der Waals surface area (Å²) in [7, 11) is -4.19. The van der Waals surface area contributed by atoms with Crippen molar-refractivity contribution in [3.05, 3.63) is 94.3 Å². The Labute approximate surface area is 175 Å². The maximum atomic E-state index is 14.0. The van der Waals surface area contributed by atoms with Gasteiger partial charge in [-0.2, -0.15) is 0 Å². The van der Waals surface area contributed by atoms with E-state index in [2.05, 4.69) is 4.98 Å². The topological polar surface area (TPSA) is 95.1 Å². The Balaban J connectivity index is 1.83. The zero-order chi connectivity index (χ0) is 21.3. The monoisotopic (exact) mass is 443 g/mol. The number of aromatic nitrogens is 2. The molecule has 0 radical (unpaired) electrons. The van der Waals surface area contributed by atoms with Crippen LogP contribution in [0.4, 0.5) is 10.1 Å². The van der Waals surface area contributed by atoms with E-state index < -0.39 is 20.8 Å². The SMILES string of the molecule is O=[N+]([O-])c1cccc(S(=O)(=O)n2c(SCc3ccccc3F)nc3ccccc32)c1. The van der Waals surface area contributed by atoms with Crippen LogP contribution in [0, 0.1) is 15.9 Å². The van der Waals surface area contributed by atoms with Crippen LogP contribution in [0.1, 0.15) is 5.56 Å². The van der Waals surface area contributed by atoms with Crippen molar-refractivity contribution in [2.75, 3.05) is 0 Å². The fraction of sp³-hybridized carbons (Fsp3) is 0.0500. The van der Waals surface area contributed by atoms with Gasteiger partial charge in [0.05, 0.1) is 20.9 Å². The number of para-hydroxylation sites is 2. The van der Waals surface area contributed by atoms with Crippen LogP contribution < -0.4 is 0 Å². The molecule has 0 spiro atoms. The molecule has 0 atom stereocenters. The quantitative estimate of drug-likeness (QED) is 0.245. The molecule has 1 aromatic heterocycles. The van der Waals surface area contributed by atoms with Gasteiger partial charge in [0.25, 0.3) is 15.7 Å². The molecule has 0 N–H and O–H groups in total. The lowest BCUT2D eigenvalue weighted by atomic mass is 10.2. The minimum absolute atomic E-state index is 0.144. The molecule has 0 saturated carbocycles. The van der Waals surface area contributed by atoms with Crippen molar-refractivity contribution in [3.8, 4) is 0 Å². The standard InChI is InChI=1S/C20H14FN3O4S2/c21-17-9-2-1-6-14(17)13-29-20-22-18-10-3-4-11-19(18)23(20)30(27,28)16-8-5-7-15(12-16)24(25)26/h1-12H,13H2. The minimum atomic E-state index is -4.19. The van der Waals surface area contributed by atoms with Crippen molar-refractivity contribution in [2.45, 2.75) is 15.8 Å². The van der Waals surface area contributed by atoms with Gasteiger partial charge in [-0.15, -0.1) is 0 Å². The predicted octanol–water partition coefficient (Wildman–Crippen LogP) is 4.61. The number of nitrogens with zero attached hydrogens (tertiary/aromatic N) is 3. The van der Waals surface area contributed by atoms with Gasteiger partial charge in [-0.25, -0.2) is 21.8 Å². The van der Waals surface area contributed by atoms with Crippen LogP contribution in [-0.2, 0) is 15.8 Å². The van der Waals surface area contributed by atoms with Crippen LogP contribution in [0.5, 0.6) is 0 Å². The number of fused-ring (bicyclic) bond motifs is 1. The number of hydrogen-bond donors (Lipinski definition) is 0. The van der Waals surface area contributed by atoms with E-state index in [1.165, 1.54) is 24.3 Å². The maximum Gasteiger partial charge on any atom is 0.270 e. The summed E-state index contributed by atoms with van der Waals surface area (Å²) in [6.45, 7) is 0. The molecule has 0 saturated heterocycles. The summed E-state index contributed by atoms with van der Waals surface area (Å²) in [4.78, 5) is 14.6. The fourth-order valence-electron chi connectivity index (χ4n) is 2.93. The molecule has 0 amide bonds. The third kappa shape index (κ3) is 3.66. The van der Waals surface area contributed by atoms with Gasteiger partial charge in [-0.1, -0.05) is 48.2 Å². The van der Waals surface area contributed by atoms with E-state index in [1.54, 1.807) is 42.5 Å². The Morgan fingerprint density at radius 3 is 2.53 bits per heavy atom. The lowest BCUT2D eigenvalue weighted by Gasteiger charge is -2.10. The summed E-state index contributed by atoms with van der Waals surface area (Å²) in [5, 5.41) is 11.2. The molecule has 0 fully saturated rings. The Kier molecular flexibility index (Phi) is 5.27. The van der Waals surface area contributed by atoms with Gasteiger partial charge in [-0.05, 0) is 29.8 Å². The molecule has 30 heavy (non-hydrogen) atoms. The molecule has 10 heteroatoms. The predicted molar refractivity (Wildman–Crippen MR) is 111 cm³/mol. The molecule has 7 nitrogen and oxygen atoms in total. The summed E-state index contributed by atoms with van der Waals surface area (Å²) in [6.07, 6.45) is 0. The molecule has 0 unspecified atom stereocenters. The van der Waals surface area contributed by atoms with Crippen molar-refractivity contribution in [1.82, 2.24) is 8.96 Å². The van der Waals surface area contributed by atoms with Crippen molar-refractivity contribution < 1.29 is 17.7 Å². The number of nitro benzene ring substituents is 1. The fourth-order valence-corrected chi connectivity index (χ4v) is 5.67. The Morgan fingerprint density at radius 2 is 1.77 bits per heavy atom. The first-order valence-corrected chi connectivity index (χ1v) is 11.1. The number of benzene rings is 3. The van der Waals surface area contributed by atoms with Crippen molar-refractivity contribution in [2.24, 2.45) is 0 Å². The summed E-state index contributed by atoms with van der Waals surface area (Å²) < 4.78 is 41.8. The summed E-state index contributed by atoms with van der Waals surface area (Å²) in [5.74, 6) is -0.227. The van der Waals surface area contributed by atoms with Crippen LogP contribution in [0.2, 0.25) is 0 Å². The average molecular weight is 443 g/mol. The smallest absolute Gasteiger partial charge is 0.258 e. The van der Waals surface area contributed by atoms with Gasteiger partial charge in [0.2, 0.25) is 0 Å². The van der Waals surface area contributed by atoms with E-state index in [0.717, 1.165) is 21.8 Å². The lowest BCUT2D eigenvalue weighted by Crippen LogP contribution is -2.14. The molecule has 152 valence electrons. The molecule has 0 aliphatic rings. The van der Waals surface area contributed by atoms with Crippen LogP contribution in [0.3, 0.4) is 0 Å². The first-order valence-electron chi connectivity index (χ1n) is 8.71. The van der Waals surface area contributed by atoms with Crippen LogP contribution in [0.25, 0.3) is 11.0 Å². The van der Waals surface area contributed by atoms with Gasteiger partial charge in [-0.3, -0.25) is 10.1 Å². The largest absolute Gasteiger partial charge is 0.270 e. The maximum absolute atomic E-state index is 14.0. The molecule has 0 bridgehead atoms. The summed E-state index contributed by atoms with van der Waals surface area (Å²) >= 11 is 1.07. The van der Waals surface area contributed by atoms with E-state index in [-0.39, 0.29) is 21.5 Å². The van der Waals surface area contributed by atoms with E-state index in [0.29, 0.717) is 16.6 Å². The Morgan fingerprint density at radius 1 is 1.03 bits per heavy atom. The highest BCUT2D eigenvalue weighted by molar-refractivity contribution is 7.99. The van der Waals surface area contributed by atoms with E-state index in [9.17, 15) is 22.9 Å². The third-order valence-electron chi connectivity index (χ3n) is 4.37. The average Bonchev–Trinajstić information content (AvgIpc) is 3.12. The molecular formula is C20H14FN3O4S2. The van der Waals surface area contributed by atoms with Gasteiger partial charge >= 0.3 is 0 Å². The van der Waals surface area contributed by atoms with Gasteiger partial charge < -0.3 is 0 Å². The Bertz CT molecular complexity index is 1370. The zero-order valence-corrected chi connectivity index (χ0v) is 16.9. The second-order valence-corrected chi connectivity index (χ2v) is 9.02. The van der Waals surface area contributed by atoms with Gasteiger partial charge in [0.1, 0.15) is 5.82 Å². The lowest BCUT2D eigenvalue weighted by molar-refractivity contribution is -0.385. The Hall–Kier alpha value is -3.24. The number of imidazole rings is 1. The molecule has 4 aromatic rings. The molecule has 1 heterocycles. The zero-order valence-electron chi connectivity index (χ0n) is 15.3. The highest BCUT2D eigenvalue weighted by Gasteiger charge is 2.26.